The summed E-state index contributed by atoms with van der Waals surface area (Å²) < 4.78 is 13.0. The molecule has 1 aliphatic rings. The molecular formula is C18H20FN3O2. The summed E-state index contributed by atoms with van der Waals surface area (Å²) >= 11 is 0. The quantitative estimate of drug-likeness (QED) is 0.907. The SMILES string of the molecule is Cc1ccc(C(=O)NC2CCN(c3ccc(F)cc3)CC2)c(=O)[nH]1. The Morgan fingerprint density at radius 3 is 2.46 bits per heavy atom. The fraction of sp³-hybridized carbons (Fsp3) is 0.333. The third-order valence-electron chi connectivity index (χ3n) is 4.32. The van der Waals surface area contributed by atoms with Crippen molar-refractivity contribution in [2.24, 2.45) is 0 Å². The number of carbonyl (C=O) groups excluding carboxylic acids is 1. The smallest absolute Gasteiger partial charge is 0.260 e. The van der Waals surface area contributed by atoms with E-state index in [1.54, 1.807) is 31.2 Å². The molecule has 0 spiro atoms. The fourth-order valence-corrected chi connectivity index (χ4v) is 2.95. The summed E-state index contributed by atoms with van der Waals surface area (Å²) in [5.41, 5.74) is 1.48. The van der Waals surface area contributed by atoms with E-state index >= 15 is 0 Å². The number of hydrogen-bond acceptors (Lipinski definition) is 3. The first-order valence-corrected chi connectivity index (χ1v) is 8.04. The van der Waals surface area contributed by atoms with Crippen molar-refractivity contribution in [1.29, 1.82) is 0 Å². The molecule has 1 saturated heterocycles. The van der Waals surface area contributed by atoms with E-state index in [4.69, 9.17) is 0 Å². The van der Waals surface area contributed by atoms with Crippen molar-refractivity contribution in [2.45, 2.75) is 25.8 Å². The van der Waals surface area contributed by atoms with Crippen LogP contribution in [-0.4, -0.2) is 30.0 Å². The van der Waals surface area contributed by atoms with Gasteiger partial charge in [-0.2, -0.15) is 0 Å². The number of carbonyl (C=O) groups is 1. The summed E-state index contributed by atoms with van der Waals surface area (Å²) in [6, 6.07) is 9.74. The third kappa shape index (κ3) is 3.64. The van der Waals surface area contributed by atoms with E-state index in [2.05, 4.69) is 15.2 Å². The molecule has 1 aromatic carbocycles. The van der Waals surface area contributed by atoms with Gasteiger partial charge in [0.1, 0.15) is 11.4 Å². The van der Waals surface area contributed by atoms with Crippen molar-refractivity contribution in [3.8, 4) is 0 Å². The minimum absolute atomic E-state index is 0.0369. The van der Waals surface area contributed by atoms with Crippen molar-refractivity contribution in [3.05, 3.63) is 63.8 Å². The number of anilines is 1. The highest BCUT2D eigenvalue weighted by Crippen LogP contribution is 2.20. The van der Waals surface area contributed by atoms with Gasteiger partial charge in [0, 0.05) is 30.5 Å². The molecule has 1 amide bonds. The molecule has 0 aliphatic carbocycles. The van der Waals surface area contributed by atoms with Crippen molar-refractivity contribution in [2.75, 3.05) is 18.0 Å². The molecule has 0 radical (unpaired) electrons. The molecule has 5 nitrogen and oxygen atoms in total. The zero-order valence-electron chi connectivity index (χ0n) is 13.5. The largest absolute Gasteiger partial charge is 0.371 e. The van der Waals surface area contributed by atoms with Gasteiger partial charge in [0.2, 0.25) is 0 Å². The maximum absolute atomic E-state index is 13.0. The molecule has 0 atom stereocenters. The first kappa shape index (κ1) is 16.2. The van der Waals surface area contributed by atoms with Crippen LogP contribution in [0.25, 0.3) is 0 Å². The van der Waals surface area contributed by atoms with E-state index in [1.807, 2.05) is 0 Å². The molecular weight excluding hydrogens is 309 g/mol. The van der Waals surface area contributed by atoms with Gasteiger partial charge < -0.3 is 15.2 Å². The van der Waals surface area contributed by atoms with E-state index in [0.29, 0.717) is 0 Å². The molecule has 24 heavy (non-hydrogen) atoms. The van der Waals surface area contributed by atoms with Gasteiger partial charge in [-0.3, -0.25) is 9.59 Å². The van der Waals surface area contributed by atoms with Crippen LogP contribution in [0.4, 0.5) is 10.1 Å². The molecule has 2 aromatic rings. The van der Waals surface area contributed by atoms with Gasteiger partial charge >= 0.3 is 0 Å². The molecule has 0 bridgehead atoms. The summed E-state index contributed by atoms with van der Waals surface area (Å²) in [6.45, 7) is 3.33. The number of amides is 1. The second kappa shape index (κ2) is 6.86. The molecule has 0 saturated carbocycles. The molecule has 2 N–H and O–H groups in total. The Balaban J connectivity index is 1.58. The summed E-state index contributed by atoms with van der Waals surface area (Å²) in [4.78, 5) is 28.9. The highest BCUT2D eigenvalue weighted by atomic mass is 19.1. The zero-order valence-corrected chi connectivity index (χ0v) is 13.5. The number of benzene rings is 1. The second-order valence-corrected chi connectivity index (χ2v) is 6.10. The van der Waals surface area contributed by atoms with Crippen LogP contribution >= 0.6 is 0 Å². The zero-order chi connectivity index (χ0) is 17.1. The standard InChI is InChI=1S/C18H20FN3O2/c1-12-2-7-16(17(23)20-12)18(24)21-14-8-10-22(11-9-14)15-5-3-13(19)4-6-15/h2-7,14H,8-11H2,1H3,(H,20,23)(H,21,24). The van der Waals surface area contributed by atoms with Gasteiger partial charge in [0.05, 0.1) is 0 Å². The van der Waals surface area contributed by atoms with E-state index in [0.717, 1.165) is 37.3 Å². The second-order valence-electron chi connectivity index (χ2n) is 6.10. The molecule has 3 rings (SSSR count). The highest BCUT2D eigenvalue weighted by molar-refractivity contribution is 5.94. The van der Waals surface area contributed by atoms with E-state index in [-0.39, 0.29) is 28.9 Å². The van der Waals surface area contributed by atoms with Crippen molar-refractivity contribution in [3.63, 3.8) is 0 Å². The van der Waals surface area contributed by atoms with Gasteiger partial charge in [-0.25, -0.2) is 4.39 Å². The number of nitrogens with zero attached hydrogens (tertiary/aromatic N) is 1. The summed E-state index contributed by atoms with van der Waals surface area (Å²) in [7, 11) is 0. The lowest BCUT2D eigenvalue weighted by atomic mass is 10.0. The van der Waals surface area contributed by atoms with Gasteiger partial charge in [0.15, 0.2) is 0 Å². The summed E-state index contributed by atoms with van der Waals surface area (Å²) in [5.74, 6) is -0.583. The number of nitrogens with one attached hydrogen (secondary N) is 2. The minimum Gasteiger partial charge on any atom is -0.371 e. The first-order valence-electron chi connectivity index (χ1n) is 8.04. The predicted octanol–water partition coefficient (Wildman–Crippen LogP) is 2.22. The molecule has 0 unspecified atom stereocenters. The Kier molecular flexibility index (Phi) is 4.64. The Morgan fingerprint density at radius 1 is 1.17 bits per heavy atom. The lowest BCUT2D eigenvalue weighted by Gasteiger charge is -2.34. The van der Waals surface area contributed by atoms with Crippen LogP contribution in [-0.2, 0) is 0 Å². The van der Waals surface area contributed by atoms with Crippen molar-refractivity contribution in [1.82, 2.24) is 10.3 Å². The van der Waals surface area contributed by atoms with Gasteiger partial charge in [-0.1, -0.05) is 0 Å². The van der Waals surface area contributed by atoms with Crippen molar-refractivity contribution >= 4 is 11.6 Å². The van der Waals surface area contributed by atoms with E-state index in [9.17, 15) is 14.0 Å². The number of H-pyrrole nitrogens is 1. The van der Waals surface area contributed by atoms with Crippen LogP contribution in [0.1, 0.15) is 28.9 Å². The number of aryl methyl sites for hydroxylation is 1. The van der Waals surface area contributed by atoms with Crippen LogP contribution in [0.3, 0.4) is 0 Å². The lowest BCUT2D eigenvalue weighted by Crippen LogP contribution is -2.45. The number of rotatable bonds is 3. The molecule has 2 heterocycles. The average Bonchev–Trinajstić information content (AvgIpc) is 2.56. The fourth-order valence-electron chi connectivity index (χ4n) is 2.95. The maximum Gasteiger partial charge on any atom is 0.260 e. The third-order valence-corrected chi connectivity index (χ3v) is 4.32. The summed E-state index contributed by atoms with van der Waals surface area (Å²) in [5, 5.41) is 2.93. The normalized spacial score (nSPS) is 15.3. The average molecular weight is 329 g/mol. The topological polar surface area (TPSA) is 65.2 Å². The number of pyridine rings is 1. The van der Waals surface area contributed by atoms with Gasteiger partial charge in [0.25, 0.3) is 11.5 Å². The Bertz CT molecular complexity index is 778. The predicted molar refractivity (Wildman–Crippen MR) is 90.9 cm³/mol. The number of hydrogen-bond donors (Lipinski definition) is 2. The van der Waals surface area contributed by atoms with E-state index in [1.165, 1.54) is 12.1 Å². The molecule has 1 aromatic heterocycles. The number of halogens is 1. The van der Waals surface area contributed by atoms with Crippen LogP contribution in [0, 0.1) is 12.7 Å². The maximum atomic E-state index is 13.0. The number of piperidine rings is 1. The Hall–Kier alpha value is -2.63. The van der Waals surface area contributed by atoms with Gasteiger partial charge in [-0.05, 0) is 56.2 Å². The number of aromatic amines is 1. The molecule has 1 fully saturated rings. The summed E-state index contributed by atoms with van der Waals surface area (Å²) in [6.07, 6.45) is 1.57. The van der Waals surface area contributed by atoms with E-state index < -0.39 is 0 Å². The van der Waals surface area contributed by atoms with Crippen LogP contribution in [0.5, 0.6) is 0 Å². The van der Waals surface area contributed by atoms with Crippen LogP contribution in [0.2, 0.25) is 0 Å². The molecule has 6 heteroatoms. The first-order chi connectivity index (χ1) is 11.5. The van der Waals surface area contributed by atoms with Crippen LogP contribution in [0.15, 0.2) is 41.2 Å². The molecule has 126 valence electrons. The highest BCUT2D eigenvalue weighted by Gasteiger charge is 2.22. The number of aromatic nitrogens is 1. The van der Waals surface area contributed by atoms with Crippen molar-refractivity contribution < 1.29 is 9.18 Å². The lowest BCUT2D eigenvalue weighted by molar-refractivity contribution is 0.0929. The molecule has 1 aliphatic heterocycles. The monoisotopic (exact) mass is 329 g/mol. The minimum atomic E-state index is -0.365. The van der Waals surface area contributed by atoms with Crippen LogP contribution < -0.4 is 15.8 Å². The Labute approximate surface area is 139 Å². The van der Waals surface area contributed by atoms with Gasteiger partial charge in [-0.15, -0.1) is 0 Å². The Morgan fingerprint density at radius 2 is 1.83 bits per heavy atom.